The van der Waals surface area contributed by atoms with Crippen molar-refractivity contribution in [3.63, 3.8) is 0 Å². The lowest BCUT2D eigenvalue weighted by molar-refractivity contribution is 0.436. The maximum atomic E-state index is 4.41. The van der Waals surface area contributed by atoms with E-state index in [1.807, 2.05) is 10.9 Å². The maximum absolute atomic E-state index is 4.41. The van der Waals surface area contributed by atoms with Gasteiger partial charge in [0.05, 0.1) is 6.20 Å². The van der Waals surface area contributed by atoms with Crippen molar-refractivity contribution in [2.24, 2.45) is 7.05 Å². The van der Waals surface area contributed by atoms with Crippen molar-refractivity contribution in [2.45, 2.75) is 43.8 Å². The van der Waals surface area contributed by atoms with Crippen LogP contribution in [0.15, 0.2) is 17.6 Å². The van der Waals surface area contributed by atoms with Crippen LogP contribution in [0.5, 0.6) is 0 Å². The third kappa shape index (κ3) is 4.71. The lowest BCUT2D eigenvalue weighted by Gasteiger charge is -2.21. The van der Waals surface area contributed by atoms with E-state index in [0.29, 0.717) is 5.92 Å². The minimum atomic E-state index is 0. The highest BCUT2D eigenvalue weighted by Gasteiger charge is 2.21. The number of halogens is 1. The first kappa shape index (κ1) is 18.3. The SMILES string of the molecule is Cc1cnn(CCCSc2nnc(C3CCCNC3)n2C)c1.Cl. The zero-order valence-corrected chi connectivity index (χ0v) is 15.4. The normalized spacial score (nSPS) is 17.9. The van der Waals surface area contributed by atoms with E-state index < -0.39 is 0 Å². The molecule has 1 fully saturated rings. The molecule has 0 bridgehead atoms. The Kier molecular flexibility index (Phi) is 6.92. The highest BCUT2D eigenvalue weighted by molar-refractivity contribution is 7.99. The van der Waals surface area contributed by atoms with Crippen LogP contribution in [0, 0.1) is 6.92 Å². The van der Waals surface area contributed by atoms with Gasteiger partial charge in [0.2, 0.25) is 0 Å². The van der Waals surface area contributed by atoms with Gasteiger partial charge in [-0.25, -0.2) is 0 Å². The Hall–Kier alpha value is -1.05. The summed E-state index contributed by atoms with van der Waals surface area (Å²) in [6.07, 6.45) is 7.51. The van der Waals surface area contributed by atoms with Gasteiger partial charge in [-0.2, -0.15) is 5.10 Å². The molecule has 2 aromatic rings. The first-order chi connectivity index (χ1) is 10.7. The number of rotatable bonds is 6. The van der Waals surface area contributed by atoms with E-state index in [1.165, 1.54) is 18.4 Å². The van der Waals surface area contributed by atoms with Gasteiger partial charge >= 0.3 is 0 Å². The predicted octanol–water partition coefficient (Wildman–Crippen LogP) is 2.39. The summed E-state index contributed by atoms with van der Waals surface area (Å²) in [5.41, 5.74) is 1.21. The topological polar surface area (TPSA) is 60.6 Å². The molecule has 0 spiro atoms. The zero-order valence-electron chi connectivity index (χ0n) is 13.7. The monoisotopic (exact) mass is 356 g/mol. The Morgan fingerprint density at radius 2 is 2.26 bits per heavy atom. The van der Waals surface area contributed by atoms with Gasteiger partial charge in [0.1, 0.15) is 5.82 Å². The average molecular weight is 357 g/mol. The largest absolute Gasteiger partial charge is 0.316 e. The van der Waals surface area contributed by atoms with Crippen molar-refractivity contribution in [2.75, 3.05) is 18.8 Å². The number of hydrogen-bond donors (Lipinski definition) is 1. The van der Waals surface area contributed by atoms with E-state index in [9.17, 15) is 0 Å². The van der Waals surface area contributed by atoms with E-state index >= 15 is 0 Å². The van der Waals surface area contributed by atoms with Crippen LogP contribution in [-0.4, -0.2) is 43.4 Å². The number of piperidine rings is 1. The molecular weight excluding hydrogens is 332 g/mol. The van der Waals surface area contributed by atoms with Crippen molar-refractivity contribution < 1.29 is 0 Å². The molecular formula is C15H25ClN6S. The van der Waals surface area contributed by atoms with Gasteiger partial charge in [-0.1, -0.05) is 11.8 Å². The van der Waals surface area contributed by atoms with E-state index in [4.69, 9.17) is 0 Å². The molecule has 1 aliphatic rings. The molecule has 0 saturated carbocycles. The van der Waals surface area contributed by atoms with Crippen molar-refractivity contribution in [3.8, 4) is 0 Å². The molecule has 0 aliphatic carbocycles. The van der Waals surface area contributed by atoms with Gasteiger partial charge in [-0.15, -0.1) is 22.6 Å². The summed E-state index contributed by atoms with van der Waals surface area (Å²) in [5.74, 6) is 2.67. The van der Waals surface area contributed by atoms with Crippen LogP contribution in [0.4, 0.5) is 0 Å². The fourth-order valence-corrected chi connectivity index (χ4v) is 3.70. The summed E-state index contributed by atoms with van der Waals surface area (Å²) in [5, 5.41) is 17.6. The van der Waals surface area contributed by atoms with Crippen LogP contribution < -0.4 is 5.32 Å². The summed E-state index contributed by atoms with van der Waals surface area (Å²) in [6.45, 7) is 5.18. The minimum absolute atomic E-state index is 0. The molecule has 1 unspecified atom stereocenters. The van der Waals surface area contributed by atoms with E-state index in [-0.39, 0.29) is 12.4 Å². The van der Waals surface area contributed by atoms with Gasteiger partial charge < -0.3 is 9.88 Å². The number of hydrogen-bond acceptors (Lipinski definition) is 5. The molecule has 128 valence electrons. The van der Waals surface area contributed by atoms with Crippen LogP contribution in [0.3, 0.4) is 0 Å². The summed E-state index contributed by atoms with van der Waals surface area (Å²) in [7, 11) is 2.09. The van der Waals surface area contributed by atoms with Crippen molar-refractivity contribution in [1.29, 1.82) is 0 Å². The standard InChI is InChI=1S/C15H24N6S.ClH/c1-12-9-17-21(11-12)7-4-8-22-15-19-18-14(20(15)2)13-5-3-6-16-10-13;/h9,11,13,16H,3-8,10H2,1-2H3;1H. The molecule has 1 saturated heterocycles. The van der Waals surface area contributed by atoms with E-state index in [2.05, 4.69) is 45.3 Å². The van der Waals surface area contributed by atoms with E-state index in [1.54, 1.807) is 11.8 Å². The first-order valence-electron chi connectivity index (χ1n) is 7.96. The van der Waals surface area contributed by atoms with Crippen molar-refractivity contribution in [1.82, 2.24) is 29.9 Å². The summed E-state index contributed by atoms with van der Waals surface area (Å²) < 4.78 is 4.17. The van der Waals surface area contributed by atoms with Crippen LogP contribution in [0.1, 0.15) is 36.6 Å². The van der Waals surface area contributed by atoms with Crippen molar-refractivity contribution in [3.05, 3.63) is 23.8 Å². The van der Waals surface area contributed by atoms with Crippen LogP contribution in [-0.2, 0) is 13.6 Å². The molecule has 1 atom stereocenters. The molecule has 1 aliphatic heterocycles. The smallest absolute Gasteiger partial charge is 0.190 e. The van der Waals surface area contributed by atoms with Gasteiger partial charge in [0, 0.05) is 38.0 Å². The highest BCUT2D eigenvalue weighted by Crippen LogP contribution is 2.25. The average Bonchev–Trinajstić information content (AvgIpc) is 3.11. The Morgan fingerprint density at radius 1 is 1.39 bits per heavy atom. The van der Waals surface area contributed by atoms with Gasteiger partial charge in [-0.05, 0) is 38.3 Å². The molecule has 1 N–H and O–H groups in total. The van der Waals surface area contributed by atoms with Gasteiger partial charge in [0.15, 0.2) is 5.16 Å². The lowest BCUT2D eigenvalue weighted by atomic mass is 9.99. The molecule has 3 rings (SSSR count). The summed E-state index contributed by atoms with van der Waals surface area (Å²) in [6, 6.07) is 0. The number of aromatic nitrogens is 5. The summed E-state index contributed by atoms with van der Waals surface area (Å²) in [4.78, 5) is 0. The molecule has 8 heteroatoms. The second kappa shape index (κ2) is 8.70. The van der Waals surface area contributed by atoms with Crippen molar-refractivity contribution >= 4 is 24.2 Å². The number of nitrogens with zero attached hydrogens (tertiary/aromatic N) is 5. The van der Waals surface area contributed by atoms with Crippen LogP contribution in [0.25, 0.3) is 0 Å². The quantitative estimate of drug-likeness (QED) is 0.636. The minimum Gasteiger partial charge on any atom is -0.316 e. The molecule has 0 amide bonds. The second-order valence-corrected chi connectivity index (χ2v) is 6.99. The number of thioether (sulfide) groups is 1. The Morgan fingerprint density at radius 3 is 2.96 bits per heavy atom. The summed E-state index contributed by atoms with van der Waals surface area (Å²) >= 11 is 1.79. The zero-order chi connectivity index (χ0) is 15.4. The Balaban J connectivity index is 0.00000192. The fraction of sp³-hybridized carbons (Fsp3) is 0.667. The molecule has 0 aromatic carbocycles. The maximum Gasteiger partial charge on any atom is 0.190 e. The third-order valence-electron chi connectivity index (χ3n) is 4.06. The lowest BCUT2D eigenvalue weighted by Crippen LogP contribution is -2.29. The predicted molar refractivity (Wildman–Crippen MR) is 95.4 cm³/mol. The third-order valence-corrected chi connectivity index (χ3v) is 5.16. The first-order valence-corrected chi connectivity index (χ1v) is 8.94. The van der Waals surface area contributed by atoms with Gasteiger partial charge in [0.25, 0.3) is 0 Å². The molecule has 0 radical (unpaired) electrons. The van der Waals surface area contributed by atoms with Gasteiger partial charge in [-0.3, -0.25) is 4.68 Å². The van der Waals surface area contributed by atoms with E-state index in [0.717, 1.165) is 42.8 Å². The fourth-order valence-electron chi connectivity index (χ4n) is 2.86. The molecule has 3 heterocycles. The Bertz CT molecular complexity index is 605. The number of aryl methyl sites for hydroxylation is 2. The second-order valence-electron chi connectivity index (χ2n) is 5.93. The molecule has 6 nitrogen and oxygen atoms in total. The molecule has 2 aromatic heterocycles. The van der Waals surface area contributed by atoms with Crippen LogP contribution >= 0.6 is 24.2 Å². The highest BCUT2D eigenvalue weighted by atomic mass is 35.5. The Labute approximate surface area is 147 Å². The number of nitrogens with one attached hydrogen (secondary N) is 1. The van der Waals surface area contributed by atoms with Crippen LogP contribution in [0.2, 0.25) is 0 Å². The molecule has 23 heavy (non-hydrogen) atoms.